The molecule has 0 bridgehead atoms. The van der Waals surface area contributed by atoms with Gasteiger partial charge in [-0.25, -0.2) is 0 Å². The molecule has 0 fully saturated rings. The van der Waals surface area contributed by atoms with Crippen LogP contribution >= 0.6 is 0 Å². The van der Waals surface area contributed by atoms with Gasteiger partial charge in [-0.1, -0.05) is 0 Å². The first-order valence-corrected chi connectivity index (χ1v) is 13.1. The van der Waals surface area contributed by atoms with Crippen molar-refractivity contribution >= 4 is 13.6 Å². The van der Waals surface area contributed by atoms with Crippen LogP contribution in [0, 0.1) is 0 Å². The fourth-order valence-electron chi connectivity index (χ4n) is 2.55. The van der Waals surface area contributed by atoms with E-state index >= 15 is 0 Å². The van der Waals surface area contributed by atoms with Crippen molar-refractivity contribution in [2.75, 3.05) is 0 Å². The van der Waals surface area contributed by atoms with E-state index in [1.54, 1.807) is 0 Å². The molecule has 0 aliphatic carbocycles. The molecule has 104 valence electrons. The fourth-order valence-corrected chi connectivity index (χ4v) is 13.2. The molecule has 0 aliphatic rings. The van der Waals surface area contributed by atoms with Crippen molar-refractivity contribution in [1.82, 2.24) is 0 Å². The molecule has 0 rings (SSSR count). The third kappa shape index (κ3) is 8.26. The van der Waals surface area contributed by atoms with Crippen molar-refractivity contribution in [1.29, 1.82) is 0 Å². The molecule has 17 heavy (non-hydrogen) atoms. The fraction of sp³-hybridized carbons (Fsp3) is 1.00. The van der Waals surface area contributed by atoms with Crippen LogP contribution in [0.2, 0.25) is 15.8 Å². The van der Waals surface area contributed by atoms with E-state index in [-0.39, 0.29) is 0 Å². The molecule has 0 heterocycles. The minimum atomic E-state index is -1.98. The summed E-state index contributed by atoms with van der Waals surface area (Å²) in [5.74, 6) is 0. The van der Waals surface area contributed by atoms with Crippen LogP contribution in [0.1, 0.15) is 73.1 Å². The Bertz CT molecular complexity index is 147. The Balaban J connectivity index is 4.51. The summed E-state index contributed by atoms with van der Waals surface area (Å²) in [6, 6.07) is 0. The Hall–Kier alpha value is 0.503. The summed E-state index contributed by atoms with van der Waals surface area (Å²) in [7, 11) is 0. The first kappa shape index (κ1) is 17.5. The first-order chi connectivity index (χ1) is 8.10. The van der Waals surface area contributed by atoms with Gasteiger partial charge in [-0.05, 0) is 0 Å². The predicted octanol–water partition coefficient (Wildman–Crippen LogP) is 5.76. The average molecular weight is 303 g/mol. The van der Waals surface area contributed by atoms with E-state index in [1.807, 2.05) is 0 Å². The van der Waals surface area contributed by atoms with Gasteiger partial charge < -0.3 is 0 Å². The molecule has 0 saturated carbocycles. The van der Waals surface area contributed by atoms with Gasteiger partial charge in [0.05, 0.1) is 0 Å². The van der Waals surface area contributed by atoms with Crippen molar-refractivity contribution < 1.29 is 3.76 Å². The second kappa shape index (κ2) is 10.4. The molecule has 0 atom stereocenters. The molecule has 0 spiro atoms. The van der Waals surface area contributed by atoms with E-state index in [9.17, 15) is 0 Å². The maximum absolute atomic E-state index is 6.53. The first-order valence-electron chi connectivity index (χ1n) is 7.78. The Morgan fingerprint density at radius 3 is 1.35 bits per heavy atom. The zero-order chi connectivity index (χ0) is 13.1. The summed E-state index contributed by atoms with van der Waals surface area (Å²) in [5, 5.41) is 4.32. The molecule has 1 nitrogen and oxygen atoms in total. The summed E-state index contributed by atoms with van der Waals surface area (Å²) in [5.41, 5.74) is 0. The monoisotopic (exact) mass is 304 g/mol. The van der Waals surface area contributed by atoms with E-state index in [1.165, 1.54) is 54.3 Å². The molecule has 0 aromatic rings. The van der Waals surface area contributed by atoms with E-state index in [4.69, 9.17) is 3.76 Å². The standard InChI is InChI=1S/C15H34GeO/c1-6-9-12-16(13-10-7-2,14-11-8-3)17-15(4)5/h15H,6-14H2,1-5H3. The van der Waals surface area contributed by atoms with E-state index < -0.39 is 13.6 Å². The van der Waals surface area contributed by atoms with E-state index in [0.717, 1.165) is 0 Å². The molecule has 0 radical (unpaired) electrons. The summed E-state index contributed by atoms with van der Waals surface area (Å²) in [6.45, 7) is 11.4. The van der Waals surface area contributed by atoms with Crippen LogP contribution in [0.25, 0.3) is 0 Å². The second-order valence-electron chi connectivity index (χ2n) is 5.66. The van der Waals surface area contributed by atoms with Gasteiger partial charge in [0.25, 0.3) is 0 Å². The molecule has 0 saturated heterocycles. The Kier molecular flexibility index (Phi) is 10.7. The van der Waals surface area contributed by atoms with Crippen LogP contribution in [-0.4, -0.2) is 19.7 Å². The Morgan fingerprint density at radius 1 is 0.765 bits per heavy atom. The number of rotatable bonds is 11. The quantitative estimate of drug-likeness (QED) is 0.441. The third-order valence-corrected chi connectivity index (χ3v) is 13.4. The van der Waals surface area contributed by atoms with Gasteiger partial charge in [0.2, 0.25) is 0 Å². The Morgan fingerprint density at radius 2 is 1.12 bits per heavy atom. The summed E-state index contributed by atoms with van der Waals surface area (Å²) in [6.07, 6.45) is 8.59. The van der Waals surface area contributed by atoms with Crippen molar-refractivity contribution in [3.05, 3.63) is 0 Å². The van der Waals surface area contributed by atoms with Crippen molar-refractivity contribution in [2.45, 2.75) is 95.0 Å². The van der Waals surface area contributed by atoms with Gasteiger partial charge >= 0.3 is 112 Å². The SMILES string of the molecule is CCC[CH2][Ge]([CH2]CCC)([CH2]CCC)[O]C(C)C. The summed E-state index contributed by atoms with van der Waals surface area (Å²) in [4.78, 5) is 0. The molecule has 0 aliphatic heterocycles. The van der Waals surface area contributed by atoms with E-state index in [0.29, 0.717) is 6.10 Å². The van der Waals surface area contributed by atoms with Gasteiger partial charge in [0, 0.05) is 0 Å². The second-order valence-corrected chi connectivity index (χ2v) is 14.3. The van der Waals surface area contributed by atoms with Crippen molar-refractivity contribution in [3.8, 4) is 0 Å². The molecule has 0 aromatic heterocycles. The zero-order valence-electron chi connectivity index (χ0n) is 12.8. The van der Waals surface area contributed by atoms with Crippen LogP contribution in [-0.2, 0) is 3.76 Å². The van der Waals surface area contributed by atoms with Crippen molar-refractivity contribution in [2.24, 2.45) is 0 Å². The molecule has 0 unspecified atom stereocenters. The predicted molar refractivity (Wildman–Crippen MR) is 81.1 cm³/mol. The van der Waals surface area contributed by atoms with Crippen LogP contribution in [0.5, 0.6) is 0 Å². The van der Waals surface area contributed by atoms with Gasteiger partial charge in [0.15, 0.2) is 0 Å². The Labute approximate surface area is 112 Å². The van der Waals surface area contributed by atoms with Gasteiger partial charge in [0.1, 0.15) is 0 Å². The molecule has 0 N–H and O–H groups in total. The topological polar surface area (TPSA) is 9.23 Å². The maximum atomic E-state index is 6.53. The van der Waals surface area contributed by atoms with Crippen LogP contribution in [0.4, 0.5) is 0 Å². The van der Waals surface area contributed by atoms with Crippen LogP contribution < -0.4 is 0 Å². The third-order valence-electron chi connectivity index (χ3n) is 3.44. The van der Waals surface area contributed by atoms with Crippen molar-refractivity contribution in [3.63, 3.8) is 0 Å². The molecule has 2 heteroatoms. The van der Waals surface area contributed by atoms with Crippen LogP contribution in [0.15, 0.2) is 0 Å². The van der Waals surface area contributed by atoms with Gasteiger partial charge in [-0.3, -0.25) is 0 Å². The van der Waals surface area contributed by atoms with E-state index in [2.05, 4.69) is 34.6 Å². The molecular weight excluding hydrogens is 269 g/mol. The number of hydrogen-bond donors (Lipinski definition) is 0. The normalized spacial score (nSPS) is 12.4. The minimum absolute atomic E-state index is 0.445. The summed E-state index contributed by atoms with van der Waals surface area (Å²) < 4.78 is 6.53. The number of unbranched alkanes of at least 4 members (excludes halogenated alkanes) is 3. The zero-order valence-corrected chi connectivity index (χ0v) is 14.9. The molecule has 0 amide bonds. The molecule has 0 aromatic carbocycles. The number of hydrogen-bond acceptors (Lipinski definition) is 1. The van der Waals surface area contributed by atoms with Crippen LogP contribution in [0.3, 0.4) is 0 Å². The molecular formula is C15H34GeO. The summed E-state index contributed by atoms with van der Waals surface area (Å²) >= 11 is -1.98. The van der Waals surface area contributed by atoms with Gasteiger partial charge in [-0.15, -0.1) is 0 Å². The van der Waals surface area contributed by atoms with Gasteiger partial charge in [-0.2, -0.15) is 0 Å². The average Bonchev–Trinajstić information content (AvgIpc) is 2.30.